The maximum atomic E-state index is 12.8. The van der Waals surface area contributed by atoms with Crippen LogP contribution in [0.25, 0.3) is 0 Å². The fraction of sp³-hybridized carbons (Fsp3) is 0.125. The van der Waals surface area contributed by atoms with Gasteiger partial charge in [0, 0.05) is 6.07 Å². The molecule has 12 heavy (non-hydrogen) atoms. The fourth-order valence-electron chi connectivity index (χ4n) is 0.784. The van der Waals surface area contributed by atoms with Crippen LogP contribution in [-0.4, -0.2) is 13.0 Å². The van der Waals surface area contributed by atoms with Crippen molar-refractivity contribution in [2.45, 2.75) is 0 Å². The third kappa shape index (κ3) is 1.58. The molecular formula is C8H7F2NO. The summed E-state index contributed by atoms with van der Waals surface area (Å²) in [6.45, 7) is 0. The Labute approximate surface area is 68.3 Å². The summed E-state index contributed by atoms with van der Waals surface area (Å²) in [7, 11) is 1.26. The zero-order valence-electron chi connectivity index (χ0n) is 6.40. The summed E-state index contributed by atoms with van der Waals surface area (Å²) in [5, 5.41) is 7.11. The summed E-state index contributed by atoms with van der Waals surface area (Å²) < 4.78 is 29.7. The molecule has 0 aliphatic carbocycles. The number of ether oxygens (including phenoxy) is 1. The first-order chi connectivity index (χ1) is 5.65. The molecule has 0 unspecified atom stereocenters. The first-order valence-electron chi connectivity index (χ1n) is 3.23. The van der Waals surface area contributed by atoms with Crippen LogP contribution in [0.1, 0.15) is 5.56 Å². The number of rotatable bonds is 1. The van der Waals surface area contributed by atoms with Gasteiger partial charge in [-0.05, 0) is 12.1 Å². The lowest BCUT2D eigenvalue weighted by Gasteiger charge is -2.02. The molecule has 2 nitrogen and oxygen atoms in total. The Morgan fingerprint density at radius 3 is 2.58 bits per heavy atom. The average Bonchev–Trinajstić information content (AvgIpc) is 2.03. The molecule has 1 aromatic carbocycles. The molecular weight excluding hydrogens is 164 g/mol. The molecule has 1 aromatic rings. The monoisotopic (exact) mass is 171 g/mol. The van der Waals surface area contributed by atoms with Crippen molar-refractivity contribution in [3.05, 3.63) is 35.4 Å². The number of methoxy groups -OCH3 is 1. The summed E-state index contributed by atoms with van der Waals surface area (Å²) >= 11 is 0. The normalized spacial score (nSPS) is 9.58. The summed E-state index contributed by atoms with van der Waals surface area (Å²) in [6, 6.07) is 2.95. The van der Waals surface area contributed by atoms with Crippen LogP contribution in [-0.2, 0) is 4.74 Å². The number of hydrogen-bond donors (Lipinski definition) is 1. The van der Waals surface area contributed by atoms with Gasteiger partial charge in [0.25, 0.3) is 0 Å². The molecule has 0 spiro atoms. The van der Waals surface area contributed by atoms with Gasteiger partial charge in [-0.1, -0.05) is 0 Å². The quantitative estimate of drug-likeness (QED) is 0.508. The van der Waals surface area contributed by atoms with Crippen LogP contribution in [0.2, 0.25) is 0 Å². The Morgan fingerprint density at radius 1 is 1.42 bits per heavy atom. The molecule has 0 aliphatic rings. The van der Waals surface area contributed by atoms with E-state index in [1.807, 2.05) is 0 Å². The Morgan fingerprint density at radius 2 is 2.08 bits per heavy atom. The van der Waals surface area contributed by atoms with Gasteiger partial charge in [-0.15, -0.1) is 0 Å². The molecule has 0 bridgehead atoms. The largest absolute Gasteiger partial charge is 0.481 e. The lowest BCUT2D eigenvalue weighted by Crippen LogP contribution is -2.04. The summed E-state index contributed by atoms with van der Waals surface area (Å²) in [6.07, 6.45) is 0. The van der Waals surface area contributed by atoms with Crippen molar-refractivity contribution in [2.24, 2.45) is 0 Å². The summed E-state index contributed by atoms with van der Waals surface area (Å²) in [5.41, 5.74) is -0.0427. The third-order valence-corrected chi connectivity index (χ3v) is 1.38. The van der Waals surface area contributed by atoms with Crippen molar-refractivity contribution >= 4 is 5.90 Å². The van der Waals surface area contributed by atoms with Crippen molar-refractivity contribution in [1.29, 1.82) is 5.41 Å². The number of nitrogens with one attached hydrogen (secondary N) is 1. The van der Waals surface area contributed by atoms with Crippen molar-refractivity contribution in [1.82, 2.24) is 0 Å². The van der Waals surface area contributed by atoms with Gasteiger partial charge in [0.2, 0.25) is 5.90 Å². The number of halogens is 2. The van der Waals surface area contributed by atoms with E-state index >= 15 is 0 Å². The molecule has 1 N–H and O–H groups in total. The second kappa shape index (κ2) is 3.30. The zero-order valence-corrected chi connectivity index (χ0v) is 6.40. The number of benzene rings is 1. The molecule has 0 saturated carbocycles. The lowest BCUT2D eigenvalue weighted by molar-refractivity contribution is 0.398. The third-order valence-electron chi connectivity index (χ3n) is 1.38. The fourth-order valence-corrected chi connectivity index (χ4v) is 0.784. The van der Waals surface area contributed by atoms with Crippen LogP contribution in [0.15, 0.2) is 18.2 Å². The van der Waals surface area contributed by atoms with E-state index in [-0.39, 0.29) is 11.5 Å². The molecule has 4 heteroatoms. The minimum Gasteiger partial charge on any atom is -0.481 e. The van der Waals surface area contributed by atoms with Crippen LogP contribution >= 0.6 is 0 Å². The second-order valence-electron chi connectivity index (χ2n) is 2.16. The van der Waals surface area contributed by atoms with E-state index in [2.05, 4.69) is 4.74 Å². The van der Waals surface area contributed by atoms with Crippen molar-refractivity contribution in [3.8, 4) is 0 Å². The van der Waals surface area contributed by atoms with E-state index in [0.29, 0.717) is 6.07 Å². The SMILES string of the molecule is COC(=N)c1ccc(F)cc1F. The van der Waals surface area contributed by atoms with E-state index in [4.69, 9.17) is 5.41 Å². The van der Waals surface area contributed by atoms with Crippen molar-refractivity contribution in [3.63, 3.8) is 0 Å². The Kier molecular flexibility index (Phi) is 2.38. The second-order valence-corrected chi connectivity index (χ2v) is 2.16. The molecule has 0 atom stereocenters. The summed E-state index contributed by atoms with van der Waals surface area (Å²) in [5.74, 6) is -1.77. The predicted octanol–water partition coefficient (Wildman–Crippen LogP) is 1.94. The summed E-state index contributed by atoms with van der Waals surface area (Å²) in [4.78, 5) is 0. The maximum Gasteiger partial charge on any atom is 0.215 e. The van der Waals surface area contributed by atoms with Gasteiger partial charge in [-0.25, -0.2) is 8.78 Å². The average molecular weight is 171 g/mol. The van der Waals surface area contributed by atoms with Crippen LogP contribution in [0.4, 0.5) is 8.78 Å². The minimum atomic E-state index is -0.790. The highest BCUT2D eigenvalue weighted by atomic mass is 19.1. The van der Waals surface area contributed by atoms with Gasteiger partial charge in [0.05, 0.1) is 12.7 Å². The van der Waals surface area contributed by atoms with Crippen LogP contribution in [0.3, 0.4) is 0 Å². The van der Waals surface area contributed by atoms with Gasteiger partial charge in [-0.3, -0.25) is 5.41 Å². The molecule has 0 saturated heterocycles. The molecule has 0 fully saturated rings. The topological polar surface area (TPSA) is 33.1 Å². The van der Waals surface area contributed by atoms with E-state index in [1.54, 1.807) is 0 Å². The Bertz CT molecular complexity index is 312. The van der Waals surface area contributed by atoms with Crippen LogP contribution in [0, 0.1) is 17.0 Å². The highest BCUT2D eigenvalue weighted by molar-refractivity contribution is 5.91. The minimum absolute atomic E-state index is 0.0427. The smallest absolute Gasteiger partial charge is 0.215 e. The van der Waals surface area contributed by atoms with E-state index in [0.717, 1.165) is 12.1 Å². The van der Waals surface area contributed by atoms with Crippen LogP contribution < -0.4 is 0 Å². The molecule has 0 amide bonds. The highest BCUT2D eigenvalue weighted by Crippen LogP contribution is 2.09. The van der Waals surface area contributed by atoms with Crippen molar-refractivity contribution < 1.29 is 13.5 Å². The molecule has 1 rings (SSSR count). The van der Waals surface area contributed by atoms with Gasteiger partial charge in [0.15, 0.2) is 0 Å². The van der Waals surface area contributed by atoms with Gasteiger partial charge >= 0.3 is 0 Å². The Hall–Kier alpha value is -1.45. The lowest BCUT2D eigenvalue weighted by atomic mass is 10.2. The van der Waals surface area contributed by atoms with Crippen molar-refractivity contribution in [2.75, 3.05) is 7.11 Å². The molecule has 0 radical (unpaired) electrons. The molecule has 0 aromatic heterocycles. The number of hydrogen-bond acceptors (Lipinski definition) is 2. The first kappa shape index (κ1) is 8.64. The Balaban J connectivity index is 3.09. The first-order valence-corrected chi connectivity index (χ1v) is 3.23. The van der Waals surface area contributed by atoms with Gasteiger partial charge < -0.3 is 4.74 Å². The van der Waals surface area contributed by atoms with Gasteiger partial charge in [0.1, 0.15) is 11.6 Å². The molecule has 64 valence electrons. The van der Waals surface area contributed by atoms with Gasteiger partial charge in [-0.2, -0.15) is 0 Å². The van der Waals surface area contributed by atoms with E-state index in [9.17, 15) is 8.78 Å². The maximum absolute atomic E-state index is 12.8. The predicted molar refractivity (Wildman–Crippen MR) is 40.2 cm³/mol. The van der Waals surface area contributed by atoms with E-state index < -0.39 is 11.6 Å². The van der Waals surface area contributed by atoms with E-state index in [1.165, 1.54) is 7.11 Å². The van der Waals surface area contributed by atoms with Crippen LogP contribution in [0.5, 0.6) is 0 Å². The zero-order chi connectivity index (χ0) is 9.14. The molecule has 0 aliphatic heterocycles. The standard InChI is InChI=1S/C8H7F2NO/c1-12-8(11)6-3-2-5(9)4-7(6)10/h2-4,11H,1H3. The molecule has 0 heterocycles. The highest BCUT2D eigenvalue weighted by Gasteiger charge is 2.08.